The van der Waals surface area contributed by atoms with Gasteiger partial charge in [-0.1, -0.05) is 50.8 Å². The highest BCUT2D eigenvalue weighted by Crippen LogP contribution is 2.21. The molecule has 0 fully saturated rings. The fraction of sp³-hybridized carbons (Fsp3) is 0.450. The lowest BCUT2D eigenvalue weighted by Gasteiger charge is -2.16. The summed E-state index contributed by atoms with van der Waals surface area (Å²) in [5.41, 5.74) is 3.15. The quantitative estimate of drug-likeness (QED) is 0.526. The van der Waals surface area contributed by atoms with Crippen LogP contribution in [0.5, 0.6) is 0 Å². The first-order valence-corrected chi connectivity index (χ1v) is 8.75. The van der Waals surface area contributed by atoms with Crippen LogP contribution >= 0.6 is 0 Å². The van der Waals surface area contributed by atoms with E-state index in [1.165, 1.54) is 32.1 Å². The zero-order valence-electron chi connectivity index (χ0n) is 14.6. The highest BCUT2D eigenvalue weighted by Gasteiger charge is 2.06. The van der Waals surface area contributed by atoms with Gasteiger partial charge in [-0.25, -0.2) is 4.98 Å². The molecule has 1 heterocycles. The summed E-state index contributed by atoms with van der Waals surface area (Å²) in [6.45, 7) is 6.53. The van der Waals surface area contributed by atoms with Gasteiger partial charge in [-0.05, 0) is 44.5 Å². The number of hydrogen-bond acceptors (Lipinski definition) is 3. The molecule has 2 aromatic rings. The van der Waals surface area contributed by atoms with Crippen LogP contribution in [0.3, 0.4) is 0 Å². The molecule has 1 aromatic carbocycles. The third kappa shape index (κ3) is 5.93. The van der Waals surface area contributed by atoms with Crippen molar-refractivity contribution in [1.82, 2.24) is 4.98 Å². The lowest BCUT2D eigenvalue weighted by molar-refractivity contribution is 0.593. The van der Waals surface area contributed by atoms with Gasteiger partial charge in [0.2, 0.25) is 0 Å². The third-order valence-corrected chi connectivity index (χ3v) is 4.02. The maximum Gasteiger partial charge on any atom is 0.126 e. The summed E-state index contributed by atoms with van der Waals surface area (Å²) in [5.74, 6) is 0.962. The molecule has 128 valence electrons. The van der Waals surface area contributed by atoms with Crippen molar-refractivity contribution in [3.8, 4) is 0 Å². The molecule has 0 saturated heterocycles. The lowest BCUT2D eigenvalue weighted by atomic mass is 10.1. The zero-order chi connectivity index (χ0) is 16.5. The minimum atomic E-state index is 0. The summed E-state index contributed by atoms with van der Waals surface area (Å²) in [6, 6.07) is 14.8. The molecular weight excluding hydrogens is 282 g/mol. The third-order valence-electron chi connectivity index (χ3n) is 4.02. The fourth-order valence-corrected chi connectivity index (χ4v) is 2.65. The van der Waals surface area contributed by atoms with E-state index in [1.54, 1.807) is 0 Å². The molecular formula is C20H33N3. The molecule has 0 saturated carbocycles. The minimum absolute atomic E-state index is 0. The van der Waals surface area contributed by atoms with Crippen LogP contribution in [-0.4, -0.2) is 11.0 Å². The molecule has 0 aliphatic carbocycles. The second kappa shape index (κ2) is 9.19. The molecule has 0 bridgehead atoms. The number of hydrogen-bond donors (Lipinski definition) is 2. The number of nitrogens with zero attached hydrogens (tertiary/aromatic N) is 1. The maximum atomic E-state index is 4.68. The number of pyridine rings is 1. The van der Waals surface area contributed by atoms with Crippen LogP contribution in [0.15, 0.2) is 42.5 Å². The Hall–Kier alpha value is -2.03. The van der Waals surface area contributed by atoms with Gasteiger partial charge in [0.25, 0.3) is 0 Å². The van der Waals surface area contributed by atoms with E-state index in [0.717, 1.165) is 22.9 Å². The number of unbranched alkanes of at least 4 members (excludes halogenated alkanes) is 3. The lowest BCUT2D eigenvalue weighted by Crippen LogP contribution is -2.16. The average molecular weight is 316 g/mol. The van der Waals surface area contributed by atoms with Gasteiger partial charge in [0, 0.05) is 14.6 Å². The smallest absolute Gasteiger partial charge is 0.126 e. The fourth-order valence-electron chi connectivity index (χ4n) is 2.65. The number of para-hydroxylation sites is 1. The molecule has 2 rings (SSSR count). The van der Waals surface area contributed by atoms with E-state index in [2.05, 4.69) is 53.7 Å². The second-order valence-corrected chi connectivity index (χ2v) is 6.22. The van der Waals surface area contributed by atoms with Crippen LogP contribution in [0.1, 0.15) is 54.5 Å². The van der Waals surface area contributed by atoms with Gasteiger partial charge in [0.15, 0.2) is 0 Å². The summed E-state index contributed by atoms with van der Waals surface area (Å²) in [6.07, 6.45) is 6.44. The summed E-state index contributed by atoms with van der Waals surface area (Å²) >= 11 is 0. The van der Waals surface area contributed by atoms with Gasteiger partial charge in [0.05, 0.1) is 11.4 Å². The van der Waals surface area contributed by atoms with Crippen molar-refractivity contribution in [2.24, 2.45) is 0 Å². The van der Waals surface area contributed by atoms with Crippen molar-refractivity contribution in [2.45, 2.75) is 58.9 Å². The van der Waals surface area contributed by atoms with Gasteiger partial charge in [-0.2, -0.15) is 0 Å². The normalized spacial score (nSPS) is 12.0. The van der Waals surface area contributed by atoms with Gasteiger partial charge in [0.1, 0.15) is 5.82 Å². The summed E-state index contributed by atoms with van der Waals surface area (Å²) in [4.78, 5) is 4.68. The Balaban J connectivity index is 0.00000288. The molecule has 1 atom stereocenters. The van der Waals surface area contributed by atoms with Crippen molar-refractivity contribution in [1.29, 1.82) is 0 Å². The van der Waals surface area contributed by atoms with Crippen LogP contribution in [0, 0.1) is 6.92 Å². The van der Waals surface area contributed by atoms with E-state index < -0.39 is 0 Å². The Morgan fingerprint density at radius 3 is 2.52 bits per heavy atom. The average Bonchev–Trinajstić information content (AvgIpc) is 2.55. The summed E-state index contributed by atoms with van der Waals surface area (Å²) in [7, 11) is 0. The molecule has 3 nitrogen and oxygen atoms in total. The van der Waals surface area contributed by atoms with Crippen LogP contribution in [0.2, 0.25) is 0 Å². The molecule has 2 N–H and O–H groups in total. The van der Waals surface area contributed by atoms with Crippen LogP contribution in [0.25, 0.3) is 0 Å². The molecule has 0 aliphatic heterocycles. The van der Waals surface area contributed by atoms with Crippen molar-refractivity contribution in [2.75, 3.05) is 10.6 Å². The van der Waals surface area contributed by atoms with Crippen molar-refractivity contribution in [3.05, 3.63) is 48.2 Å². The number of anilines is 3. The van der Waals surface area contributed by atoms with Gasteiger partial charge >= 0.3 is 0 Å². The van der Waals surface area contributed by atoms with Crippen LogP contribution < -0.4 is 10.6 Å². The SMILES string of the molecule is CCCCCCC(C)Nc1ccc(Nc2ccccc2)c(C)n1.[HH].[HH]. The minimum Gasteiger partial charge on any atom is -0.368 e. The predicted octanol–water partition coefficient (Wildman–Crippen LogP) is 6.40. The zero-order valence-corrected chi connectivity index (χ0v) is 14.6. The monoisotopic (exact) mass is 315 g/mol. The van der Waals surface area contributed by atoms with Crippen molar-refractivity contribution in [3.63, 3.8) is 0 Å². The highest BCUT2D eigenvalue weighted by atomic mass is 15.0. The molecule has 23 heavy (non-hydrogen) atoms. The molecule has 0 amide bonds. The maximum absolute atomic E-state index is 4.68. The van der Waals surface area contributed by atoms with Crippen LogP contribution in [-0.2, 0) is 0 Å². The first-order valence-electron chi connectivity index (χ1n) is 8.75. The Morgan fingerprint density at radius 2 is 1.83 bits per heavy atom. The largest absolute Gasteiger partial charge is 0.368 e. The highest BCUT2D eigenvalue weighted by molar-refractivity contribution is 5.63. The number of nitrogens with one attached hydrogen (secondary N) is 2. The Labute approximate surface area is 143 Å². The Bertz CT molecular complexity index is 591. The van der Waals surface area contributed by atoms with Crippen molar-refractivity contribution < 1.29 is 2.85 Å². The molecule has 1 unspecified atom stereocenters. The predicted molar refractivity (Wildman–Crippen MR) is 105 cm³/mol. The number of rotatable bonds is 9. The van der Waals surface area contributed by atoms with Crippen molar-refractivity contribution >= 4 is 17.2 Å². The number of benzene rings is 1. The molecule has 3 heteroatoms. The summed E-state index contributed by atoms with van der Waals surface area (Å²) in [5, 5.41) is 6.92. The van der Waals surface area contributed by atoms with E-state index in [1.807, 2.05) is 25.1 Å². The molecule has 0 radical (unpaired) electrons. The van der Waals surface area contributed by atoms with E-state index in [-0.39, 0.29) is 2.85 Å². The Kier molecular flexibility index (Phi) is 6.92. The van der Waals surface area contributed by atoms with E-state index in [4.69, 9.17) is 0 Å². The van der Waals surface area contributed by atoms with E-state index in [9.17, 15) is 0 Å². The number of aryl methyl sites for hydroxylation is 1. The topological polar surface area (TPSA) is 37.0 Å². The Morgan fingerprint density at radius 1 is 1.04 bits per heavy atom. The first-order chi connectivity index (χ1) is 11.2. The molecule has 1 aromatic heterocycles. The molecule has 0 aliphatic rings. The summed E-state index contributed by atoms with van der Waals surface area (Å²) < 4.78 is 0. The second-order valence-electron chi connectivity index (χ2n) is 6.22. The van der Waals surface area contributed by atoms with E-state index in [0.29, 0.717) is 6.04 Å². The van der Waals surface area contributed by atoms with Gasteiger partial charge in [-0.3, -0.25) is 0 Å². The number of aromatic nitrogens is 1. The van der Waals surface area contributed by atoms with Gasteiger partial charge < -0.3 is 10.6 Å². The van der Waals surface area contributed by atoms with Gasteiger partial charge in [-0.15, -0.1) is 0 Å². The van der Waals surface area contributed by atoms with Crippen LogP contribution in [0.4, 0.5) is 17.2 Å². The standard InChI is InChI=1S/C20H29N3.2H2/c1-4-5-6-8-11-16(2)21-20-15-14-19(17(3)22-20)23-18-12-9-7-10-13-18;;/h7,9-10,12-16,23H,4-6,8,11H2,1-3H3,(H,21,22);2*1H. The first kappa shape index (κ1) is 17.3. The molecule has 0 spiro atoms. The van der Waals surface area contributed by atoms with E-state index >= 15 is 0 Å².